The number of hydrogen-bond acceptors (Lipinski definition) is 4. The van der Waals surface area contributed by atoms with E-state index in [1.807, 2.05) is 43.3 Å². The average molecular weight is 360 g/mol. The van der Waals surface area contributed by atoms with Crippen molar-refractivity contribution in [3.8, 4) is 0 Å². The van der Waals surface area contributed by atoms with Crippen molar-refractivity contribution >= 4 is 5.91 Å². The average Bonchev–Trinajstić information content (AvgIpc) is 3.52. The number of aromatic amines is 1. The second-order valence-corrected chi connectivity index (χ2v) is 6.83. The van der Waals surface area contributed by atoms with Crippen molar-refractivity contribution in [3.05, 3.63) is 93.4 Å². The van der Waals surface area contributed by atoms with Gasteiger partial charge >= 0.3 is 0 Å². The second kappa shape index (κ2) is 7.15. The lowest BCUT2D eigenvalue weighted by Crippen LogP contribution is -2.34. The fourth-order valence-electron chi connectivity index (χ4n) is 3.15. The third kappa shape index (κ3) is 3.65. The SMILES string of the molecule is Cc1ccccc1[C@@H](NC(=O)c1cnc(C2CC2)[nH]c1=O)c1ccncc1. The number of nitrogens with zero attached hydrogens (tertiary/aromatic N) is 2. The minimum absolute atomic E-state index is 0.0204. The van der Waals surface area contributed by atoms with E-state index in [9.17, 15) is 9.59 Å². The Morgan fingerprint density at radius 3 is 2.59 bits per heavy atom. The van der Waals surface area contributed by atoms with Gasteiger partial charge in [-0.2, -0.15) is 0 Å². The van der Waals surface area contributed by atoms with Gasteiger partial charge in [0.2, 0.25) is 0 Å². The molecule has 2 heterocycles. The summed E-state index contributed by atoms with van der Waals surface area (Å²) in [5.74, 6) is 0.545. The third-order valence-corrected chi connectivity index (χ3v) is 4.84. The molecule has 1 amide bonds. The summed E-state index contributed by atoms with van der Waals surface area (Å²) in [4.78, 5) is 36.3. The second-order valence-electron chi connectivity index (χ2n) is 6.83. The summed E-state index contributed by atoms with van der Waals surface area (Å²) < 4.78 is 0. The number of carbonyl (C=O) groups is 1. The van der Waals surface area contributed by atoms with Crippen LogP contribution in [0.3, 0.4) is 0 Å². The van der Waals surface area contributed by atoms with E-state index in [2.05, 4.69) is 20.3 Å². The summed E-state index contributed by atoms with van der Waals surface area (Å²) in [7, 11) is 0. The number of hydrogen-bond donors (Lipinski definition) is 2. The van der Waals surface area contributed by atoms with Gasteiger partial charge in [-0.3, -0.25) is 14.6 Å². The highest BCUT2D eigenvalue weighted by atomic mass is 16.2. The molecule has 0 spiro atoms. The normalized spacial score (nSPS) is 14.6. The fourth-order valence-corrected chi connectivity index (χ4v) is 3.15. The molecular formula is C21H20N4O2. The van der Waals surface area contributed by atoms with Crippen molar-refractivity contribution in [1.82, 2.24) is 20.3 Å². The Balaban J connectivity index is 1.66. The predicted octanol–water partition coefficient (Wildman–Crippen LogP) is 2.87. The van der Waals surface area contributed by atoms with Gasteiger partial charge in [0, 0.05) is 24.5 Å². The first-order valence-electron chi connectivity index (χ1n) is 8.99. The van der Waals surface area contributed by atoms with Crippen LogP contribution in [-0.4, -0.2) is 20.9 Å². The van der Waals surface area contributed by atoms with Gasteiger partial charge in [-0.15, -0.1) is 0 Å². The quantitative estimate of drug-likeness (QED) is 0.732. The molecule has 2 N–H and O–H groups in total. The molecule has 0 saturated heterocycles. The lowest BCUT2D eigenvalue weighted by molar-refractivity contribution is 0.0941. The first-order chi connectivity index (χ1) is 13.1. The minimum atomic E-state index is -0.448. The van der Waals surface area contributed by atoms with Crippen LogP contribution < -0.4 is 10.9 Å². The van der Waals surface area contributed by atoms with Crippen molar-refractivity contribution in [3.63, 3.8) is 0 Å². The van der Waals surface area contributed by atoms with E-state index in [4.69, 9.17) is 0 Å². The van der Waals surface area contributed by atoms with Gasteiger partial charge in [-0.05, 0) is 48.6 Å². The summed E-state index contributed by atoms with van der Waals surface area (Å²) in [5.41, 5.74) is 2.54. The van der Waals surface area contributed by atoms with E-state index in [-0.39, 0.29) is 11.6 Å². The molecule has 1 fully saturated rings. The van der Waals surface area contributed by atoms with Gasteiger partial charge in [0.25, 0.3) is 11.5 Å². The molecule has 0 radical (unpaired) electrons. The molecule has 4 rings (SSSR count). The van der Waals surface area contributed by atoms with Crippen LogP contribution in [0.2, 0.25) is 0 Å². The fraction of sp³-hybridized carbons (Fsp3) is 0.238. The summed E-state index contributed by atoms with van der Waals surface area (Å²) in [6, 6.07) is 11.2. The molecule has 0 unspecified atom stereocenters. The Morgan fingerprint density at radius 1 is 1.19 bits per heavy atom. The first kappa shape index (κ1) is 17.1. The van der Waals surface area contributed by atoms with Crippen LogP contribution >= 0.6 is 0 Å². The molecule has 1 aliphatic carbocycles. The Hall–Kier alpha value is -3.28. The van der Waals surface area contributed by atoms with E-state index in [0.717, 1.165) is 29.5 Å². The summed E-state index contributed by atoms with van der Waals surface area (Å²) in [6.45, 7) is 1.99. The Morgan fingerprint density at radius 2 is 1.93 bits per heavy atom. The van der Waals surface area contributed by atoms with E-state index in [0.29, 0.717) is 11.7 Å². The summed E-state index contributed by atoms with van der Waals surface area (Å²) in [5, 5.41) is 2.99. The number of rotatable bonds is 5. The summed E-state index contributed by atoms with van der Waals surface area (Å²) in [6.07, 6.45) is 6.82. The van der Waals surface area contributed by atoms with E-state index in [1.165, 1.54) is 6.20 Å². The number of pyridine rings is 1. The van der Waals surface area contributed by atoms with E-state index < -0.39 is 11.5 Å². The number of aryl methyl sites for hydroxylation is 1. The van der Waals surface area contributed by atoms with Gasteiger partial charge in [-0.1, -0.05) is 24.3 Å². The van der Waals surface area contributed by atoms with Crippen LogP contribution in [0.1, 0.15) is 57.7 Å². The highest BCUT2D eigenvalue weighted by molar-refractivity contribution is 5.94. The lowest BCUT2D eigenvalue weighted by Gasteiger charge is -2.21. The number of amides is 1. The highest BCUT2D eigenvalue weighted by Crippen LogP contribution is 2.37. The Kier molecular flexibility index (Phi) is 4.54. The van der Waals surface area contributed by atoms with Crippen LogP contribution in [0.15, 0.2) is 59.8 Å². The number of carbonyl (C=O) groups excluding carboxylic acids is 1. The molecule has 6 heteroatoms. The van der Waals surface area contributed by atoms with Crippen LogP contribution in [0.25, 0.3) is 0 Å². The standard InChI is InChI=1S/C21H20N4O2/c1-13-4-2-3-5-16(13)18(14-8-10-22-11-9-14)24-20(26)17-12-23-19(15-6-7-15)25-21(17)27/h2-5,8-12,15,18H,6-7H2,1H3,(H,24,26)(H,23,25,27)/t18-/m0/s1. The first-order valence-corrected chi connectivity index (χ1v) is 8.99. The lowest BCUT2D eigenvalue weighted by atomic mass is 9.95. The molecule has 2 aromatic heterocycles. The van der Waals surface area contributed by atoms with Gasteiger partial charge < -0.3 is 10.3 Å². The molecule has 27 heavy (non-hydrogen) atoms. The van der Waals surface area contributed by atoms with Gasteiger partial charge in [-0.25, -0.2) is 4.98 Å². The van der Waals surface area contributed by atoms with Crippen molar-refractivity contribution in [2.75, 3.05) is 0 Å². The molecule has 0 aliphatic heterocycles. The molecule has 136 valence electrons. The Bertz CT molecular complexity index is 1030. The van der Waals surface area contributed by atoms with E-state index >= 15 is 0 Å². The molecule has 1 aliphatic rings. The van der Waals surface area contributed by atoms with Crippen LogP contribution in [0, 0.1) is 6.92 Å². The monoisotopic (exact) mass is 360 g/mol. The highest BCUT2D eigenvalue weighted by Gasteiger charge is 2.27. The maximum atomic E-state index is 12.8. The number of nitrogens with one attached hydrogen (secondary N) is 2. The topological polar surface area (TPSA) is 87.7 Å². The van der Waals surface area contributed by atoms with Crippen molar-refractivity contribution in [2.24, 2.45) is 0 Å². The smallest absolute Gasteiger partial charge is 0.263 e. The van der Waals surface area contributed by atoms with E-state index in [1.54, 1.807) is 12.4 Å². The maximum absolute atomic E-state index is 12.8. The molecule has 1 saturated carbocycles. The number of H-pyrrole nitrogens is 1. The van der Waals surface area contributed by atoms with Crippen LogP contribution in [0.5, 0.6) is 0 Å². The Labute approximate surface area is 156 Å². The number of benzene rings is 1. The zero-order valence-electron chi connectivity index (χ0n) is 15.0. The third-order valence-electron chi connectivity index (χ3n) is 4.84. The van der Waals surface area contributed by atoms with Gasteiger partial charge in [0.1, 0.15) is 11.4 Å². The zero-order chi connectivity index (χ0) is 18.8. The molecule has 3 aromatic rings. The molecule has 6 nitrogen and oxygen atoms in total. The zero-order valence-corrected chi connectivity index (χ0v) is 15.0. The maximum Gasteiger partial charge on any atom is 0.263 e. The van der Waals surface area contributed by atoms with Crippen molar-refractivity contribution < 1.29 is 4.79 Å². The minimum Gasteiger partial charge on any atom is -0.341 e. The van der Waals surface area contributed by atoms with Crippen molar-refractivity contribution in [2.45, 2.75) is 31.7 Å². The van der Waals surface area contributed by atoms with Crippen molar-refractivity contribution in [1.29, 1.82) is 0 Å². The largest absolute Gasteiger partial charge is 0.341 e. The van der Waals surface area contributed by atoms with Crippen LogP contribution in [0.4, 0.5) is 0 Å². The molecule has 1 atom stereocenters. The van der Waals surface area contributed by atoms with Crippen LogP contribution in [-0.2, 0) is 0 Å². The predicted molar refractivity (Wildman–Crippen MR) is 102 cm³/mol. The summed E-state index contributed by atoms with van der Waals surface area (Å²) >= 11 is 0. The molecular weight excluding hydrogens is 340 g/mol. The van der Waals surface area contributed by atoms with Gasteiger partial charge in [0.05, 0.1) is 6.04 Å². The molecule has 1 aromatic carbocycles. The van der Waals surface area contributed by atoms with Gasteiger partial charge in [0.15, 0.2) is 0 Å². The number of aromatic nitrogens is 3. The molecule has 0 bridgehead atoms.